The molecule has 0 spiro atoms. The van der Waals surface area contributed by atoms with Crippen molar-refractivity contribution in [2.45, 2.75) is 60.0 Å². The van der Waals surface area contributed by atoms with Crippen molar-refractivity contribution in [1.29, 1.82) is 0 Å². The van der Waals surface area contributed by atoms with Crippen molar-refractivity contribution in [2.24, 2.45) is 5.92 Å². The third-order valence-electron chi connectivity index (χ3n) is 3.09. The van der Waals surface area contributed by atoms with Crippen molar-refractivity contribution in [3.63, 3.8) is 0 Å². The Labute approximate surface area is 142 Å². The smallest absolute Gasteiger partial charge is 0.159 e. The molecule has 1 aromatic rings. The van der Waals surface area contributed by atoms with Crippen LogP contribution < -0.4 is 5.32 Å². The van der Waals surface area contributed by atoms with Crippen LogP contribution in [0.15, 0.2) is 0 Å². The Morgan fingerprint density at radius 2 is 1.90 bits per heavy atom. The van der Waals surface area contributed by atoms with Gasteiger partial charge in [-0.25, -0.2) is 9.97 Å². The second-order valence-electron chi connectivity index (χ2n) is 5.55. The summed E-state index contributed by atoms with van der Waals surface area (Å²) >= 11 is 2.35. The van der Waals surface area contributed by atoms with Crippen molar-refractivity contribution in [3.8, 4) is 0 Å². The normalized spacial score (nSPS) is 12.7. The lowest BCUT2D eigenvalue weighted by atomic mass is 10.1. The summed E-state index contributed by atoms with van der Waals surface area (Å²) in [7, 11) is 0. The molecule has 0 amide bonds. The molecule has 1 atom stereocenters. The van der Waals surface area contributed by atoms with Crippen LogP contribution >= 0.6 is 22.6 Å². The number of hydrogen-bond acceptors (Lipinski definition) is 4. The highest BCUT2D eigenvalue weighted by atomic mass is 127. The maximum atomic E-state index is 5.85. The quantitative estimate of drug-likeness (QED) is 0.611. The van der Waals surface area contributed by atoms with E-state index in [0.29, 0.717) is 12.5 Å². The summed E-state index contributed by atoms with van der Waals surface area (Å²) in [5, 5.41) is 3.35. The maximum absolute atomic E-state index is 5.85. The fraction of sp³-hybridized carbons (Fsp3) is 0.750. The fourth-order valence-corrected chi connectivity index (χ4v) is 2.87. The first-order valence-electron chi connectivity index (χ1n) is 7.95. The Balaban J connectivity index is 3.19. The van der Waals surface area contributed by atoms with Gasteiger partial charge in [-0.3, -0.25) is 0 Å². The zero-order valence-corrected chi connectivity index (χ0v) is 16.0. The molecule has 0 aliphatic rings. The van der Waals surface area contributed by atoms with E-state index >= 15 is 0 Å². The van der Waals surface area contributed by atoms with Gasteiger partial charge in [0.25, 0.3) is 0 Å². The van der Waals surface area contributed by atoms with Gasteiger partial charge in [-0.2, -0.15) is 0 Å². The monoisotopic (exact) mass is 405 g/mol. The summed E-state index contributed by atoms with van der Waals surface area (Å²) in [4.78, 5) is 9.52. The highest BCUT2D eigenvalue weighted by Crippen LogP contribution is 2.26. The molecule has 0 aliphatic heterocycles. The minimum absolute atomic E-state index is 0.000295. The summed E-state index contributed by atoms with van der Waals surface area (Å²) in [5.74, 6) is 2.35. The molecule has 0 fully saturated rings. The lowest BCUT2D eigenvalue weighted by molar-refractivity contribution is 0.0492. The van der Waals surface area contributed by atoms with Crippen LogP contribution in [0.25, 0.3) is 0 Å². The van der Waals surface area contributed by atoms with Gasteiger partial charge in [-0.15, -0.1) is 0 Å². The molecule has 0 bridgehead atoms. The van der Waals surface area contributed by atoms with Gasteiger partial charge in [0.15, 0.2) is 5.82 Å². The van der Waals surface area contributed by atoms with E-state index in [0.717, 1.165) is 46.7 Å². The molecule has 0 saturated heterocycles. The Kier molecular flexibility index (Phi) is 8.48. The molecule has 1 heterocycles. The molecule has 1 N–H and O–H groups in total. The zero-order valence-electron chi connectivity index (χ0n) is 13.9. The molecule has 120 valence electrons. The van der Waals surface area contributed by atoms with Crippen LogP contribution in [0.1, 0.15) is 65.1 Å². The van der Waals surface area contributed by atoms with Crippen LogP contribution in [-0.2, 0) is 11.2 Å². The second kappa shape index (κ2) is 9.56. The standard InChI is InChI=1S/C16H28IN3O/c1-6-9-13(21-8-3)15-19-12(10-11(4)5)14(17)16(20-15)18-7-2/h11,13H,6-10H2,1-5H3,(H,18,19,20). The molecule has 5 heteroatoms. The number of ether oxygens (including phenoxy) is 1. The van der Waals surface area contributed by atoms with E-state index < -0.39 is 0 Å². The minimum Gasteiger partial charge on any atom is -0.371 e. The van der Waals surface area contributed by atoms with Gasteiger partial charge in [0.2, 0.25) is 0 Å². The molecule has 0 saturated carbocycles. The van der Waals surface area contributed by atoms with Crippen molar-refractivity contribution in [3.05, 3.63) is 15.1 Å². The highest BCUT2D eigenvalue weighted by Gasteiger charge is 2.19. The van der Waals surface area contributed by atoms with E-state index in [4.69, 9.17) is 14.7 Å². The van der Waals surface area contributed by atoms with E-state index in [2.05, 4.69) is 55.6 Å². The number of hydrogen-bond donors (Lipinski definition) is 1. The number of anilines is 1. The Morgan fingerprint density at radius 3 is 2.43 bits per heavy atom. The van der Waals surface area contributed by atoms with Crippen LogP contribution in [0.2, 0.25) is 0 Å². The summed E-state index contributed by atoms with van der Waals surface area (Å²) in [5.41, 5.74) is 1.13. The van der Waals surface area contributed by atoms with E-state index in [1.54, 1.807) is 0 Å². The third-order valence-corrected chi connectivity index (χ3v) is 4.22. The Morgan fingerprint density at radius 1 is 1.19 bits per heavy atom. The molecule has 1 unspecified atom stereocenters. The van der Waals surface area contributed by atoms with Gasteiger partial charge in [0, 0.05) is 13.2 Å². The third kappa shape index (κ3) is 5.70. The summed E-state index contributed by atoms with van der Waals surface area (Å²) in [6, 6.07) is 0. The molecular weight excluding hydrogens is 377 g/mol. The summed E-state index contributed by atoms with van der Waals surface area (Å²) < 4.78 is 6.98. The average molecular weight is 405 g/mol. The first-order valence-corrected chi connectivity index (χ1v) is 9.02. The first kappa shape index (κ1) is 18.6. The van der Waals surface area contributed by atoms with Crippen LogP contribution in [0.5, 0.6) is 0 Å². The Hall–Kier alpha value is -0.430. The molecule has 21 heavy (non-hydrogen) atoms. The minimum atomic E-state index is 0.000295. The second-order valence-corrected chi connectivity index (χ2v) is 6.63. The molecule has 0 radical (unpaired) electrons. The average Bonchev–Trinajstić information content (AvgIpc) is 2.42. The van der Waals surface area contributed by atoms with Crippen LogP contribution in [0.3, 0.4) is 0 Å². The van der Waals surface area contributed by atoms with Gasteiger partial charge in [-0.05, 0) is 55.2 Å². The van der Waals surface area contributed by atoms with Crippen LogP contribution in [0, 0.1) is 9.49 Å². The van der Waals surface area contributed by atoms with E-state index in [1.165, 1.54) is 0 Å². The first-order chi connectivity index (χ1) is 10.0. The molecule has 1 rings (SSSR count). The van der Waals surface area contributed by atoms with Crippen molar-refractivity contribution in [2.75, 3.05) is 18.5 Å². The topological polar surface area (TPSA) is 47.0 Å². The molecule has 1 aromatic heterocycles. The predicted octanol–water partition coefficient (Wildman–Crippen LogP) is 4.59. The van der Waals surface area contributed by atoms with Crippen molar-refractivity contribution < 1.29 is 4.74 Å². The molecular formula is C16H28IN3O. The van der Waals surface area contributed by atoms with E-state index in [-0.39, 0.29) is 6.10 Å². The van der Waals surface area contributed by atoms with Gasteiger partial charge >= 0.3 is 0 Å². The van der Waals surface area contributed by atoms with Gasteiger partial charge in [0.1, 0.15) is 11.9 Å². The maximum Gasteiger partial charge on any atom is 0.159 e. The van der Waals surface area contributed by atoms with Gasteiger partial charge < -0.3 is 10.1 Å². The lowest BCUT2D eigenvalue weighted by Crippen LogP contribution is -2.15. The zero-order chi connectivity index (χ0) is 15.8. The summed E-state index contributed by atoms with van der Waals surface area (Å²) in [6.07, 6.45) is 2.99. The molecule has 4 nitrogen and oxygen atoms in total. The van der Waals surface area contributed by atoms with Crippen molar-refractivity contribution >= 4 is 28.4 Å². The van der Waals surface area contributed by atoms with Crippen LogP contribution in [0.4, 0.5) is 5.82 Å². The lowest BCUT2D eigenvalue weighted by Gasteiger charge is -2.19. The van der Waals surface area contributed by atoms with Gasteiger partial charge in [-0.1, -0.05) is 27.2 Å². The molecule has 0 aromatic carbocycles. The van der Waals surface area contributed by atoms with Crippen LogP contribution in [-0.4, -0.2) is 23.1 Å². The highest BCUT2D eigenvalue weighted by molar-refractivity contribution is 14.1. The number of nitrogens with zero attached hydrogens (tertiary/aromatic N) is 2. The molecule has 0 aliphatic carbocycles. The number of halogens is 1. The predicted molar refractivity (Wildman–Crippen MR) is 96.7 cm³/mol. The number of nitrogens with one attached hydrogen (secondary N) is 1. The van der Waals surface area contributed by atoms with E-state index in [9.17, 15) is 0 Å². The SMILES string of the molecule is CCCC(OCC)c1nc(CC(C)C)c(I)c(NCC)n1. The van der Waals surface area contributed by atoms with Gasteiger partial charge in [0.05, 0.1) is 9.26 Å². The fourth-order valence-electron chi connectivity index (χ4n) is 2.21. The van der Waals surface area contributed by atoms with Crippen molar-refractivity contribution in [1.82, 2.24) is 9.97 Å². The number of aromatic nitrogens is 2. The van der Waals surface area contributed by atoms with E-state index in [1.807, 2.05) is 6.92 Å². The summed E-state index contributed by atoms with van der Waals surface area (Å²) in [6.45, 7) is 12.3. The largest absolute Gasteiger partial charge is 0.371 e. The Bertz CT molecular complexity index is 432. The number of rotatable bonds is 9.